The Kier molecular flexibility index (Phi) is 2.97. The van der Waals surface area contributed by atoms with Crippen LogP contribution in [0.15, 0.2) is 18.2 Å². The fraction of sp³-hybridized carbons (Fsp3) is 0. The highest BCUT2D eigenvalue weighted by atomic mass is 127. The number of hydrogen-bond acceptors (Lipinski definition) is 3. The summed E-state index contributed by atoms with van der Waals surface area (Å²) in [5.74, 6) is 0.142. The fourth-order valence-corrected chi connectivity index (χ4v) is 3.17. The Balaban J connectivity index is 2.93. The van der Waals surface area contributed by atoms with Crippen molar-refractivity contribution in [3.63, 3.8) is 0 Å². The Morgan fingerprint density at radius 3 is 2.67 bits per heavy atom. The van der Waals surface area contributed by atoms with Gasteiger partial charge in [-0.25, -0.2) is 4.98 Å². The minimum atomic E-state index is 0.142. The first-order valence-corrected chi connectivity index (χ1v) is 6.17. The molecule has 1 aromatic carbocycles. The van der Waals surface area contributed by atoms with E-state index in [4.69, 9.17) is 5.26 Å². The number of aromatic nitrogens is 1. The van der Waals surface area contributed by atoms with Crippen LogP contribution in [0.5, 0.6) is 5.75 Å². The smallest absolute Gasteiger partial charge is 0.155 e. The van der Waals surface area contributed by atoms with Gasteiger partial charge in [0.1, 0.15) is 17.3 Å². The number of pyridine rings is 1. The molecule has 0 spiro atoms. The van der Waals surface area contributed by atoms with Gasteiger partial charge in [0.15, 0.2) is 5.75 Å². The monoisotopic (exact) mass is 422 g/mol. The van der Waals surface area contributed by atoms with Gasteiger partial charge < -0.3 is 5.11 Å². The summed E-state index contributed by atoms with van der Waals surface area (Å²) < 4.78 is 1.76. The van der Waals surface area contributed by atoms with Gasteiger partial charge in [-0.2, -0.15) is 5.26 Å². The maximum atomic E-state index is 9.82. The zero-order chi connectivity index (χ0) is 11.0. The van der Waals surface area contributed by atoms with Gasteiger partial charge in [0.2, 0.25) is 0 Å². The molecule has 15 heavy (non-hydrogen) atoms. The van der Waals surface area contributed by atoms with Crippen molar-refractivity contribution in [2.45, 2.75) is 0 Å². The molecule has 74 valence electrons. The molecule has 0 aliphatic rings. The number of phenolic OH excluding ortho intramolecular Hbond substituents is 1. The van der Waals surface area contributed by atoms with Gasteiger partial charge in [0.25, 0.3) is 0 Å². The number of rotatable bonds is 0. The zero-order valence-electron chi connectivity index (χ0n) is 7.33. The average molecular weight is 422 g/mol. The first-order valence-electron chi connectivity index (χ1n) is 4.01. The molecule has 0 saturated heterocycles. The maximum absolute atomic E-state index is 9.82. The Hall–Kier alpha value is -0.620. The van der Waals surface area contributed by atoms with E-state index in [-0.39, 0.29) is 5.75 Å². The van der Waals surface area contributed by atoms with E-state index in [2.05, 4.69) is 27.6 Å². The number of nitriles is 1. The lowest BCUT2D eigenvalue weighted by Gasteiger charge is -2.04. The average Bonchev–Trinajstić information content (AvgIpc) is 2.25. The molecule has 3 nitrogen and oxygen atoms in total. The van der Waals surface area contributed by atoms with E-state index < -0.39 is 0 Å². The van der Waals surface area contributed by atoms with Crippen molar-refractivity contribution in [3.8, 4) is 11.8 Å². The van der Waals surface area contributed by atoms with Crippen molar-refractivity contribution >= 4 is 56.1 Å². The Labute approximate surface area is 113 Å². The SMILES string of the molecule is N#Cc1ccc2c(I)cc(I)c(O)c2n1. The molecule has 0 aliphatic heterocycles. The maximum Gasteiger partial charge on any atom is 0.155 e. The van der Waals surface area contributed by atoms with Crippen LogP contribution in [0.25, 0.3) is 10.9 Å². The topological polar surface area (TPSA) is 56.9 Å². The van der Waals surface area contributed by atoms with Crippen LogP contribution in [-0.2, 0) is 0 Å². The summed E-state index contributed by atoms with van der Waals surface area (Å²) >= 11 is 4.23. The van der Waals surface area contributed by atoms with E-state index in [0.29, 0.717) is 11.2 Å². The summed E-state index contributed by atoms with van der Waals surface area (Å²) in [6.07, 6.45) is 0. The number of fused-ring (bicyclic) bond motifs is 1. The highest BCUT2D eigenvalue weighted by Gasteiger charge is 2.10. The predicted molar refractivity (Wildman–Crippen MR) is 73.6 cm³/mol. The predicted octanol–water partition coefficient (Wildman–Crippen LogP) is 3.02. The molecule has 0 aliphatic carbocycles. The number of benzene rings is 1. The third-order valence-electron chi connectivity index (χ3n) is 1.97. The van der Waals surface area contributed by atoms with Crippen molar-refractivity contribution in [1.82, 2.24) is 4.98 Å². The first-order chi connectivity index (χ1) is 7.13. The van der Waals surface area contributed by atoms with Crippen molar-refractivity contribution in [3.05, 3.63) is 31.0 Å². The molecule has 1 heterocycles. The Bertz CT molecular complexity index is 590. The molecule has 2 rings (SSSR count). The van der Waals surface area contributed by atoms with Crippen molar-refractivity contribution in [1.29, 1.82) is 5.26 Å². The second-order valence-electron chi connectivity index (χ2n) is 2.89. The van der Waals surface area contributed by atoms with Crippen molar-refractivity contribution in [2.24, 2.45) is 0 Å². The Morgan fingerprint density at radius 2 is 2.00 bits per heavy atom. The lowest BCUT2D eigenvalue weighted by molar-refractivity contribution is 0.476. The molecule has 0 unspecified atom stereocenters. The van der Waals surface area contributed by atoms with E-state index in [1.807, 2.05) is 34.7 Å². The minimum absolute atomic E-state index is 0.142. The van der Waals surface area contributed by atoms with Gasteiger partial charge >= 0.3 is 0 Å². The molecule has 2 aromatic rings. The fourth-order valence-electron chi connectivity index (χ4n) is 1.27. The number of phenols is 1. The van der Waals surface area contributed by atoms with E-state index in [1.165, 1.54) is 0 Å². The van der Waals surface area contributed by atoms with Crippen LogP contribution in [-0.4, -0.2) is 10.1 Å². The summed E-state index contributed by atoms with van der Waals surface area (Å²) in [6.45, 7) is 0. The molecule has 1 N–H and O–H groups in total. The van der Waals surface area contributed by atoms with E-state index in [0.717, 1.165) is 12.5 Å². The largest absolute Gasteiger partial charge is 0.505 e. The van der Waals surface area contributed by atoms with E-state index in [1.54, 1.807) is 12.1 Å². The molecule has 5 heteroatoms. The second-order valence-corrected chi connectivity index (χ2v) is 5.22. The molecular formula is C10H4I2N2O. The third-order valence-corrected chi connectivity index (χ3v) is 3.69. The molecule has 0 saturated carbocycles. The number of hydrogen-bond donors (Lipinski definition) is 1. The molecule has 0 fully saturated rings. The van der Waals surface area contributed by atoms with Crippen LogP contribution in [0.4, 0.5) is 0 Å². The number of aromatic hydroxyl groups is 1. The number of halogens is 2. The van der Waals surface area contributed by atoms with Crippen molar-refractivity contribution < 1.29 is 5.11 Å². The summed E-state index contributed by atoms with van der Waals surface area (Å²) in [5, 5.41) is 19.4. The summed E-state index contributed by atoms with van der Waals surface area (Å²) in [5.41, 5.74) is 0.806. The summed E-state index contributed by atoms with van der Waals surface area (Å²) in [4.78, 5) is 4.09. The van der Waals surface area contributed by atoms with Gasteiger partial charge in [-0.15, -0.1) is 0 Å². The standard InChI is InChI=1S/C10H4I2N2O/c11-7-3-8(12)10(15)9-6(7)2-1-5(4-13)14-9/h1-3,15H. The molecule has 1 aromatic heterocycles. The van der Waals surface area contributed by atoms with Gasteiger partial charge in [-0.3, -0.25) is 0 Å². The van der Waals surface area contributed by atoms with Gasteiger partial charge in [0, 0.05) is 8.96 Å². The molecular weight excluding hydrogens is 418 g/mol. The van der Waals surface area contributed by atoms with Crippen LogP contribution >= 0.6 is 45.2 Å². The lowest BCUT2D eigenvalue weighted by Crippen LogP contribution is -1.89. The summed E-state index contributed by atoms with van der Waals surface area (Å²) in [6, 6.07) is 7.29. The normalized spacial score (nSPS) is 10.2. The van der Waals surface area contributed by atoms with Crippen LogP contribution in [0.1, 0.15) is 5.69 Å². The van der Waals surface area contributed by atoms with Gasteiger partial charge in [-0.1, -0.05) is 0 Å². The van der Waals surface area contributed by atoms with E-state index >= 15 is 0 Å². The van der Waals surface area contributed by atoms with Crippen LogP contribution in [0.3, 0.4) is 0 Å². The Morgan fingerprint density at radius 1 is 1.27 bits per heavy atom. The second kappa shape index (κ2) is 4.09. The lowest BCUT2D eigenvalue weighted by atomic mass is 10.2. The van der Waals surface area contributed by atoms with Gasteiger partial charge in [0.05, 0.1) is 3.57 Å². The first kappa shape index (κ1) is 10.9. The zero-order valence-corrected chi connectivity index (χ0v) is 11.6. The molecule has 0 radical (unpaired) electrons. The van der Waals surface area contributed by atoms with Gasteiger partial charge in [-0.05, 0) is 63.4 Å². The highest BCUT2D eigenvalue weighted by Crippen LogP contribution is 2.32. The molecule has 0 atom stereocenters. The van der Waals surface area contributed by atoms with Crippen LogP contribution in [0.2, 0.25) is 0 Å². The highest BCUT2D eigenvalue weighted by molar-refractivity contribution is 14.1. The molecule has 0 amide bonds. The molecule has 0 bridgehead atoms. The van der Waals surface area contributed by atoms with Crippen LogP contribution in [0, 0.1) is 18.5 Å². The number of nitrogens with zero attached hydrogens (tertiary/aromatic N) is 2. The van der Waals surface area contributed by atoms with Crippen molar-refractivity contribution in [2.75, 3.05) is 0 Å². The quantitative estimate of drug-likeness (QED) is 0.665. The third kappa shape index (κ3) is 1.88. The van der Waals surface area contributed by atoms with Crippen LogP contribution < -0.4 is 0 Å². The summed E-state index contributed by atoms with van der Waals surface area (Å²) in [7, 11) is 0. The van der Waals surface area contributed by atoms with E-state index in [9.17, 15) is 5.11 Å². The minimum Gasteiger partial charge on any atom is -0.505 e.